The molecule has 0 aliphatic rings. The zero-order valence-corrected chi connectivity index (χ0v) is 9.55. The molecule has 0 unspecified atom stereocenters. The van der Waals surface area contributed by atoms with Crippen LogP contribution in [0.25, 0.3) is 0 Å². The quantitative estimate of drug-likeness (QED) is 0.477. The van der Waals surface area contributed by atoms with E-state index in [4.69, 9.17) is 0 Å². The van der Waals surface area contributed by atoms with Crippen LogP contribution in [0.1, 0.15) is 34.6 Å². The van der Waals surface area contributed by atoms with E-state index in [0.29, 0.717) is 5.57 Å². The molecule has 0 aromatic carbocycles. The number of carbonyl (C=O) groups excluding carboxylic acids is 1. The molecule has 0 saturated carbocycles. The fraction of sp³-hybridized carbons (Fsp3) is 0.417. The molecule has 0 heterocycles. The summed E-state index contributed by atoms with van der Waals surface area (Å²) in [6.07, 6.45) is 4.72. The highest BCUT2D eigenvalue weighted by Crippen LogP contribution is 1.95. The molecule has 0 atom stereocenters. The molecule has 0 bridgehead atoms. The van der Waals surface area contributed by atoms with Crippen LogP contribution < -0.4 is 0 Å². The highest BCUT2D eigenvalue weighted by molar-refractivity contribution is 5.96. The summed E-state index contributed by atoms with van der Waals surface area (Å²) >= 11 is 0. The van der Waals surface area contributed by atoms with Crippen molar-refractivity contribution in [2.24, 2.45) is 0 Å². The van der Waals surface area contributed by atoms with E-state index in [-0.39, 0.29) is 5.78 Å². The molecular weight excluding hydrogens is 160 g/mol. The van der Waals surface area contributed by atoms with Crippen molar-refractivity contribution in [1.82, 2.24) is 0 Å². The van der Waals surface area contributed by atoms with E-state index < -0.39 is 0 Å². The van der Waals surface area contributed by atoms with E-state index in [1.165, 1.54) is 13.0 Å². The molecule has 0 aliphatic carbocycles. The summed E-state index contributed by atoms with van der Waals surface area (Å²) in [5, 5.41) is 0. The topological polar surface area (TPSA) is 17.1 Å². The fourth-order valence-electron chi connectivity index (χ4n) is 0.456. The van der Waals surface area contributed by atoms with Gasteiger partial charge in [-0.1, -0.05) is 59.1 Å². The van der Waals surface area contributed by atoms with Crippen LogP contribution in [-0.4, -0.2) is 5.78 Å². The van der Waals surface area contributed by atoms with Gasteiger partial charge in [-0.15, -0.1) is 0 Å². The van der Waals surface area contributed by atoms with E-state index in [1.54, 1.807) is 12.2 Å². The minimum absolute atomic E-state index is 0.0184. The van der Waals surface area contributed by atoms with E-state index in [1.807, 2.05) is 27.7 Å². The molecular formula is C12H22O. The maximum Gasteiger partial charge on any atom is 0.159 e. The van der Waals surface area contributed by atoms with Crippen molar-refractivity contribution in [3.63, 3.8) is 0 Å². The Morgan fingerprint density at radius 2 is 1.46 bits per heavy atom. The van der Waals surface area contributed by atoms with Crippen LogP contribution in [0, 0.1) is 0 Å². The van der Waals surface area contributed by atoms with E-state index in [9.17, 15) is 4.79 Å². The molecule has 0 radical (unpaired) electrons. The van der Waals surface area contributed by atoms with Gasteiger partial charge < -0.3 is 0 Å². The minimum Gasteiger partial charge on any atom is -0.295 e. The molecule has 0 saturated heterocycles. The van der Waals surface area contributed by atoms with Crippen molar-refractivity contribution in [3.05, 3.63) is 37.0 Å². The Balaban J connectivity index is -0.000000218. The number of Topliss-reactive ketones (excluding diaryl/α,β-unsaturated/α-hetero) is 1. The minimum atomic E-state index is 0.0184. The van der Waals surface area contributed by atoms with Crippen LogP contribution in [0.2, 0.25) is 0 Å². The number of hydrogen-bond donors (Lipinski definition) is 0. The Bertz CT molecular complexity index is 164. The van der Waals surface area contributed by atoms with Gasteiger partial charge in [-0.3, -0.25) is 4.79 Å². The number of allylic oxidation sites excluding steroid dienone is 4. The highest BCUT2D eigenvalue weighted by Gasteiger charge is 1.93. The first-order valence-corrected chi connectivity index (χ1v) is 4.68. The monoisotopic (exact) mass is 182 g/mol. The van der Waals surface area contributed by atoms with Crippen LogP contribution in [-0.2, 0) is 4.79 Å². The van der Waals surface area contributed by atoms with Crippen molar-refractivity contribution in [3.8, 4) is 0 Å². The Hall–Kier alpha value is -1.11. The summed E-state index contributed by atoms with van der Waals surface area (Å²) in [7, 11) is 0. The maximum atomic E-state index is 10.6. The van der Waals surface area contributed by atoms with Gasteiger partial charge in [0.1, 0.15) is 0 Å². The third-order valence-corrected chi connectivity index (χ3v) is 0.924. The van der Waals surface area contributed by atoms with Gasteiger partial charge in [-0.25, -0.2) is 0 Å². The molecule has 0 amide bonds. The Morgan fingerprint density at radius 1 is 1.08 bits per heavy atom. The number of rotatable bonds is 3. The van der Waals surface area contributed by atoms with Gasteiger partial charge >= 0.3 is 0 Å². The molecule has 0 spiro atoms. The molecule has 13 heavy (non-hydrogen) atoms. The van der Waals surface area contributed by atoms with Gasteiger partial charge in [0.05, 0.1) is 0 Å². The third kappa shape index (κ3) is 13.8. The summed E-state index contributed by atoms with van der Waals surface area (Å²) in [4.78, 5) is 10.6. The summed E-state index contributed by atoms with van der Waals surface area (Å²) in [6, 6.07) is 0. The molecule has 0 fully saturated rings. The van der Waals surface area contributed by atoms with Crippen LogP contribution in [0.3, 0.4) is 0 Å². The average molecular weight is 182 g/mol. The Morgan fingerprint density at radius 3 is 1.54 bits per heavy atom. The lowest BCUT2D eigenvalue weighted by Crippen LogP contribution is -1.90. The number of hydrogen-bond acceptors (Lipinski definition) is 1. The largest absolute Gasteiger partial charge is 0.295 e. The second-order valence-corrected chi connectivity index (χ2v) is 1.62. The Kier molecular flexibility index (Phi) is 23.5. The predicted molar refractivity (Wildman–Crippen MR) is 61.9 cm³/mol. The number of carbonyl (C=O) groups is 1. The summed E-state index contributed by atoms with van der Waals surface area (Å²) in [6.45, 7) is 16.4. The van der Waals surface area contributed by atoms with Crippen LogP contribution in [0.4, 0.5) is 0 Å². The molecule has 0 aromatic heterocycles. The lowest BCUT2D eigenvalue weighted by Gasteiger charge is -1.88. The molecule has 0 aliphatic heterocycles. The van der Waals surface area contributed by atoms with Crippen molar-refractivity contribution >= 4 is 5.78 Å². The molecule has 0 rings (SSSR count). The van der Waals surface area contributed by atoms with E-state index in [0.717, 1.165) is 0 Å². The van der Waals surface area contributed by atoms with Crippen LogP contribution >= 0.6 is 0 Å². The lowest BCUT2D eigenvalue weighted by atomic mass is 10.2. The highest BCUT2D eigenvalue weighted by atomic mass is 16.1. The third-order valence-electron chi connectivity index (χ3n) is 0.924. The standard InChI is InChI=1S/C8H10O.2C2H6/c1-4-6-8(5-2)7(3)9;2*1-2/h4-6H,1-2H2,3H3;2*1-2H3/b8-6+;;. The average Bonchev–Trinajstić information content (AvgIpc) is 2.20. The van der Waals surface area contributed by atoms with Crippen molar-refractivity contribution < 1.29 is 4.79 Å². The van der Waals surface area contributed by atoms with Gasteiger partial charge in [0.25, 0.3) is 0 Å². The van der Waals surface area contributed by atoms with Gasteiger partial charge in [0.2, 0.25) is 0 Å². The smallest absolute Gasteiger partial charge is 0.159 e. The zero-order chi connectivity index (χ0) is 11.3. The molecule has 0 N–H and O–H groups in total. The van der Waals surface area contributed by atoms with Gasteiger partial charge in [0.15, 0.2) is 5.78 Å². The van der Waals surface area contributed by atoms with Crippen molar-refractivity contribution in [2.45, 2.75) is 34.6 Å². The molecule has 1 nitrogen and oxygen atoms in total. The van der Waals surface area contributed by atoms with Gasteiger partial charge in [0, 0.05) is 5.57 Å². The number of ketones is 1. The first-order chi connectivity index (χ1) is 6.22. The van der Waals surface area contributed by atoms with Crippen molar-refractivity contribution in [1.29, 1.82) is 0 Å². The van der Waals surface area contributed by atoms with E-state index >= 15 is 0 Å². The Labute approximate surface area is 82.9 Å². The predicted octanol–water partition coefficient (Wildman–Crippen LogP) is 3.93. The summed E-state index contributed by atoms with van der Waals surface area (Å²) in [5.41, 5.74) is 0.602. The molecule has 0 aromatic rings. The van der Waals surface area contributed by atoms with Gasteiger partial charge in [-0.2, -0.15) is 0 Å². The normalized spacial score (nSPS) is 8.23. The van der Waals surface area contributed by atoms with Crippen molar-refractivity contribution in [2.75, 3.05) is 0 Å². The SMILES string of the molecule is C=C/C=C(\C=C)C(C)=O.CC.CC. The second kappa shape index (κ2) is 17.1. The van der Waals surface area contributed by atoms with E-state index in [2.05, 4.69) is 13.2 Å². The maximum absolute atomic E-state index is 10.6. The zero-order valence-electron chi connectivity index (χ0n) is 9.55. The molecule has 76 valence electrons. The lowest BCUT2D eigenvalue weighted by molar-refractivity contribution is -0.113. The second-order valence-electron chi connectivity index (χ2n) is 1.62. The first-order valence-electron chi connectivity index (χ1n) is 4.68. The van der Waals surface area contributed by atoms with Crippen LogP contribution in [0.5, 0.6) is 0 Å². The fourth-order valence-corrected chi connectivity index (χ4v) is 0.456. The summed E-state index contributed by atoms with van der Waals surface area (Å²) < 4.78 is 0. The first kappa shape index (κ1) is 17.8. The van der Waals surface area contributed by atoms with Crippen LogP contribution in [0.15, 0.2) is 37.0 Å². The van der Waals surface area contributed by atoms with Gasteiger partial charge in [-0.05, 0) is 6.92 Å². The summed E-state index contributed by atoms with van der Waals surface area (Å²) in [5.74, 6) is 0.0184. The molecule has 1 heteroatoms.